The fourth-order valence-corrected chi connectivity index (χ4v) is 4.43. The van der Waals surface area contributed by atoms with E-state index in [0.29, 0.717) is 0 Å². The molecule has 0 unspecified atom stereocenters. The van der Waals surface area contributed by atoms with Gasteiger partial charge in [-0.2, -0.15) is 0 Å². The van der Waals surface area contributed by atoms with Crippen LogP contribution >= 0.6 is 0 Å². The lowest BCUT2D eigenvalue weighted by Gasteiger charge is -2.36. The number of nitrogens with zero attached hydrogens (tertiary/aromatic N) is 4. The standard InChI is InChI=1S/C25H33N5/c1-3-4-13-28-25(29-17-14-27-15-18-29)22-12-16-30(19-23(22)26-2)24-11-7-9-20-8-5-6-10-21(20)24/h5-11,27H,2-4,12-19H2,1H3. The Morgan fingerprint density at radius 2 is 1.87 bits per heavy atom. The molecule has 0 aromatic heterocycles. The van der Waals surface area contributed by atoms with Crippen molar-refractivity contribution in [2.24, 2.45) is 9.98 Å². The van der Waals surface area contributed by atoms with Crippen molar-refractivity contribution in [1.82, 2.24) is 10.2 Å². The molecule has 0 bridgehead atoms. The monoisotopic (exact) mass is 403 g/mol. The van der Waals surface area contributed by atoms with E-state index in [2.05, 4.69) is 76.2 Å². The Bertz CT molecular complexity index is 934. The number of hydrogen-bond acceptors (Lipinski definition) is 4. The summed E-state index contributed by atoms with van der Waals surface area (Å²) in [5.74, 6) is 1.16. The summed E-state index contributed by atoms with van der Waals surface area (Å²) in [4.78, 5) is 14.4. The third-order valence-corrected chi connectivity index (χ3v) is 6.08. The van der Waals surface area contributed by atoms with Crippen LogP contribution in [0.1, 0.15) is 26.2 Å². The van der Waals surface area contributed by atoms with Gasteiger partial charge in [-0.05, 0) is 31.0 Å². The molecule has 158 valence electrons. The molecular weight excluding hydrogens is 370 g/mol. The highest BCUT2D eigenvalue weighted by Gasteiger charge is 2.26. The minimum absolute atomic E-state index is 0.783. The van der Waals surface area contributed by atoms with Gasteiger partial charge in [-0.25, -0.2) is 0 Å². The van der Waals surface area contributed by atoms with E-state index in [1.807, 2.05) is 0 Å². The fraction of sp³-hybridized carbons (Fsp3) is 0.440. The van der Waals surface area contributed by atoms with E-state index in [9.17, 15) is 0 Å². The molecule has 1 saturated heterocycles. The summed E-state index contributed by atoms with van der Waals surface area (Å²) < 4.78 is 0. The molecule has 1 N–H and O–H groups in total. The highest BCUT2D eigenvalue weighted by Crippen LogP contribution is 2.31. The Balaban J connectivity index is 1.65. The number of amidine groups is 1. The summed E-state index contributed by atoms with van der Waals surface area (Å²) in [5.41, 5.74) is 3.64. The largest absolute Gasteiger partial charge is 0.365 e. The van der Waals surface area contributed by atoms with Gasteiger partial charge >= 0.3 is 0 Å². The highest BCUT2D eigenvalue weighted by molar-refractivity contribution is 6.00. The molecular formula is C25H33N5. The average Bonchev–Trinajstić information content (AvgIpc) is 2.82. The molecule has 1 fully saturated rings. The molecule has 30 heavy (non-hydrogen) atoms. The van der Waals surface area contributed by atoms with Crippen molar-refractivity contribution < 1.29 is 0 Å². The quantitative estimate of drug-likeness (QED) is 0.448. The number of aliphatic imine (C=N–C) groups is 2. The van der Waals surface area contributed by atoms with Crippen molar-refractivity contribution in [2.75, 3.05) is 50.7 Å². The summed E-state index contributed by atoms with van der Waals surface area (Å²) in [6.07, 6.45) is 3.24. The smallest absolute Gasteiger partial charge is 0.128 e. The summed E-state index contributed by atoms with van der Waals surface area (Å²) in [7, 11) is 0. The Morgan fingerprint density at radius 3 is 2.67 bits per heavy atom. The zero-order valence-electron chi connectivity index (χ0n) is 18.1. The molecule has 2 aliphatic rings. The summed E-state index contributed by atoms with van der Waals surface area (Å²) >= 11 is 0. The van der Waals surface area contributed by atoms with Gasteiger partial charge in [-0.3, -0.25) is 9.98 Å². The van der Waals surface area contributed by atoms with Crippen LogP contribution < -0.4 is 10.2 Å². The topological polar surface area (TPSA) is 43.2 Å². The third-order valence-electron chi connectivity index (χ3n) is 6.08. The van der Waals surface area contributed by atoms with Gasteiger partial charge in [0.05, 0.1) is 12.2 Å². The van der Waals surface area contributed by atoms with Crippen LogP contribution in [0, 0.1) is 0 Å². The maximum Gasteiger partial charge on any atom is 0.128 e. The molecule has 0 atom stereocenters. The number of benzene rings is 2. The van der Waals surface area contributed by atoms with E-state index in [1.54, 1.807) is 0 Å². The van der Waals surface area contributed by atoms with E-state index < -0.39 is 0 Å². The van der Waals surface area contributed by atoms with Gasteiger partial charge < -0.3 is 15.1 Å². The van der Waals surface area contributed by atoms with Crippen molar-refractivity contribution in [1.29, 1.82) is 0 Å². The van der Waals surface area contributed by atoms with Crippen molar-refractivity contribution in [2.45, 2.75) is 26.2 Å². The zero-order chi connectivity index (χ0) is 20.8. The summed E-state index contributed by atoms with van der Waals surface area (Å²) in [6.45, 7) is 12.8. The number of fused-ring (bicyclic) bond motifs is 1. The lowest BCUT2D eigenvalue weighted by atomic mass is 10.0. The Hall–Kier alpha value is -2.66. The molecule has 5 nitrogen and oxygen atoms in total. The molecule has 2 aliphatic heterocycles. The van der Waals surface area contributed by atoms with E-state index >= 15 is 0 Å². The van der Waals surface area contributed by atoms with Crippen LogP contribution in [-0.4, -0.2) is 63.3 Å². The second-order valence-corrected chi connectivity index (χ2v) is 8.05. The molecule has 0 saturated carbocycles. The van der Waals surface area contributed by atoms with E-state index in [-0.39, 0.29) is 0 Å². The fourth-order valence-electron chi connectivity index (χ4n) is 4.43. The lowest BCUT2D eigenvalue weighted by Crippen LogP contribution is -2.48. The first-order chi connectivity index (χ1) is 14.8. The SMILES string of the molecule is C=NC1=C(C(=NCCCC)N2CCNCC2)CCN(c2cccc3ccccc23)C1. The first-order valence-electron chi connectivity index (χ1n) is 11.2. The first-order valence-corrected chi connectivity index (χ1v) is 11.2. The molecule has 0 amide bonds. The lowest BCUT2D eigenvalue weighted by molar-refractivity contribution is 0.355. The number of anilines is 1. The predicted octanol–water partition coefficient (Wildman–Crippen LogP) is 4.11. The van der Waals surface area contributed by atoms with Gasteiger partial charge in [0, 0.05) is 55.9 Å². The van der Waals surface area contributed by atoms with Gasteiger partial charge in [-0.1, -0.05) is 49.7 Å². The minimum Gasteiger partial charge on any atom is -0.365 e. The average molecular weight is 404 g/mol. The van der Waals surface area contributed by atoms with Crippen molar-refractivity contribution in [3.63, 3.8) is 0 Å². The van der Waals surface area contributed by atoms with Crippen molar-refractivity contribution in [3.05, 3.63) is 53.7 Å². The van der Waals surface area contributed by atoms with Crippen molar-refractivity contribution in [3.8, 4) is 0 Å². The van der Waals surface area contributed by atoms with Gasteiger partial charge in [0.1, 0.15) is 5.84 Å². The highest BCUT2D eigenvalue weighted by atomic mass is 15.2. The Kier molecular flexibility index (Phi) is 6.80. The van der Waals surface area contributed by atoms with Gasteiger partial charge in [0.2, 0.25) is 0 Å². The normalized spacial score (nSPS) is 18.2. The van der Waals surface area contributed by atoms with Gasteiger partial charge in [0.25, 0.3) is 0 Å². The Morgan fingerprint density at radius 1 is 1.07 bits per heavy atom. The zero-order valence-corrected chi connectivity index (χ0v) is 18.1. The van der Waals surface area contributed by atoms with Crippen LogP contribution in [0.4, 0.5) is 5.69 Å². The summed E-state index contributed by atoms with van der Waals surface area (Å²) in [5, 5.41) is 6.03. The third kappa shape index (κ3) is 4.41. The number of piperazine rings is 1. The molecule has 2 aromatic rings. The van der Waals surface area contributed by atoms with Gasteiger partial charge in [-0.15, -0.1) is 0 Å². The van der Waals surface area contributed by atoms with E-state index in [1.165, 1.54) is 28.5 Å². The van der Waals surface area contributed by atoms with Crippen LogP contribution in [0.15, 0.2) is 63.7 Å². The van der Waals surface area contributed by atoms with Crippen LogP contribution in [0.3, 0.4) is 0 Å². The predicted molar refractivity (Wildman–Crippen MR) is 129 cm³/mol. The second kappa shape index (κ2) is 9.90. The van der Waals surface area contributed by atoms with E-state index in [4.69, 9.17) is 4.99 Å². The number of nitrogens with one attached hydrogen (secondary N) is 1. The number of rotatable bonds is 6. The maximum absolute atomic E-state index is 5.06. The maximum atomic E-state index is 5.06. The van der Waals surface area contributed by atoms with Crippen LogP contribution in [-0.2, 0) is 0 Å². The summed E-state index contributed by atoms with van der Waals surface area (Å²) in [6, 6.07) is 15.2. The molecule has 0 spiro atoms. The number of hydrogen-bond donors (Lipinski definition) is 1. The molecule has 5 heteroatoms. The van der Waals surface area contributed by atoms with Crippen molar-refractivity contribution >= 4 is 29.0 Å². The van der Waals surface area contributed by atoms with Crippen LogP contribution in [0.5, 0.6) is 0 Å². The minimum atomic E-state index is 0.783. The van der Waals surface area contributed by atoms with E-state index in [0.717, 1.165) is 70.2 Å². The molecule has 2 heterocycles. The van der Waals surface area contributed by atoms with Crippen LogP contribution in [0.25, 0.3) is 10.8 Å². The molecule has 2 aromatic carbocycles. The first kappa shape index (κ1) is 20.6. The van der Waals surface area contributed by atoms with Gasteiger partial charge in [0.15, 0.2) is 0 Å². The number of unbranched alkanes of at least 4 members (excludes halogenated alkanes) is 1. The molecule has 4 rings (SSSR count). The Labute approximate surface area is 180 Å². The second-order valence-electron chi connectivity index (χ2n) is 8.05. The molecule has 0 aliphatic carbocycles. The van der Waals surface area contributed by atoms with Crippen LogP contribution in [0.2, 0.25) is 0 Å². The molecule has 0 radical (unpaired) electrons.